The maximum atomic E-state index is 12.4. The summed E-state index contributed by atoms with van der Waals surface area (Å²) in [6.07, 6.45) is 4.48. The number of piperazine rings is 1. The Bertz CT molecular complexity index is 829. The summed E-state index contributed by atoms with van der Waals surface area (Å²) in [5.74, 6) is 0. The first-order valence-corrected chi connectivity index (χ1v) is 9.44. The van der Waals surface area contributed by atoms with E-state index in [4.69, 9.17) is 5.11 Å². The van der Waals surface area contributed by atoms with Gasteiger partial charge in [-0.2, -0.15) is 0 Å². The van der Waals surface area contributed by atoms with Gasteiger partial charge in [0.1, 0.15) is 0 Å². The number of hydrogen-bond donors (Lipinski definition) is 2. The maximum absolute atomic E-state index is 12.4. The van der Waals surface area contributed by atoms with Crippen LogP contribution in [0.15, 0.2) is 29.3 Å². The van der Waals surface area contributed by atoms with Gasteiger partial charge in [0.05, 0.1) is 36.5 Å². The first kappa shape index (κ1) is 17.5. The van der Waals surface area contributed by atoms with Gasteiger partial charge in [-0.15, -0.1) is 0 Å². The third-order valence-corrected chi connectivity index (χ3v) is 5.74. The fraction of sp³-hybridized carbons (Fsp3) is 0.579. The van der Waals surface area contributed by atoms with E-state index < -0.39 is 0 Å². The van der Waals surface area contributed by atoms with Crippen LogP contribution in [-0.4, -0.2) is 69.6 Å². The molecule has 2 fully saturated rings. The van der Waals surface area contributed by atoms with E-state index in [0.717, 1.165) is 51.1 Å². The summed E-state index contributed by atoms with van der Waals surface area (Å²) in [6.45, 7) is 3.91. The van der Waals surface area contributed by atoms with Crippen molar-refractivity contribution in [2.75, 3.05) is 37.7 Å². The summed E-state index contributed by atoms with van der Waals surface area (Å²) in [6, 6.07) is 6.11. The molecule has 1 saturated carbocycles. The van der Waals surface area contributed by atoms with Gasteiger partial charge in [0, 0.05) is 37.9 Å². The number of anilines is 1. The minimum absolute atomic E-state index is 0.0782. The highest BCUT2D eigenvalue weighted by Crippen LogP contribution is 2.26. The highest BCUT2D eigenvalue weighted by atomic mass is 16.3. The topological polar surface area (TPSA) is 81.8 Å². The van der Waals surface area contributed by atoms with Crippen molar-refractivity contribution in [1.82, 2.24) is 14.5 Å². The molecule has 1 saturated heterocycles. The van der Waals surface area contributed by atoms with Crippen LogP contribution in [0.25, 0.3) is 10.9 Å². The number of nitrogens with zero attached hydrogens (tertiary/aromatic N) is 4. The van der Waals surface area contributed by atoms with E-state index in [0.29, 0.717) is 16.9 Å². The van der Waals surface area contributed by atoms with Gasteiger partial charge in [-0.3, -0.25) is 14.3 Å². The fourth-order valence-electron chi connectivity index (χ4n) is 4.27. The van der Waals surface area contributed by atoms with Crippen molar-refractivity contribution in [1.29, 1.82) is 0 Å². The lowest BCUT2D eigenvalue weighted by atomic mass is 10.1. The number of fused-ring (bicyclic) bond motifs is 1. The molecule has 0 spiro atoms. The third kappa shape index (κ3) is 3.22. The molecule has 26 heavy (non-hydrogen) atoms. The van der Waals surface area contributed by atoms with Gasteiger partial charge < -0.3 is 15.1 Å². The molecule has 0 bridgehead atoms. The van der Waals surface area contributed by atoms with Gasteiger partial charge in [-0.05, 0) is 37.5 Å². The van der Waals surface area contributed by atoms with E-state index >= 15 is 0 Å². The van der Waals surface area contributed by atoms with Crippen LogP contribution in [-0.2, 0) is 6.54 Å². The van der Waals surface area contributed by atoms with Crippen LogP contribution in [0.4, 0.5) is 5.69 Å². The molecule has 2 atom stereocenters. The van der Waals surface area contributed by atoms with Crippen molar-refractivity contribution >= 4 is 16.6 Å². The molecule has 1 aliphatic carbocycles. The number of aliphatic hydroxyl groups is 2. The van der Waals surface area contributed by atoms with Crippen molar-refractivity contribution in [3.63, 3.8) is 0 Å². The van der Waals surface area contributed by atoms with Gasteiger partial charge in [0.2, 0.25) is 0 Å². The SMILES string of the molecule is O=c1c2ccc(N3CCN(C4CCCC4O)CC3)cc2ncn1CCO. The van der Waals surface area contributed by atoms with Crippen molar-refractivity contribution in [2.24, 2.45) is 0 Å². The first-order chi connectivity index (χ1) is 12.7. The van der Waals surface area contributed by atoms with E-state index in [1.165, 1.54) is 10.9 Å². The van der Waals surface area contributed by atoms with Gasteiger partial charge in [0.15, 0.2) is 0 Å². The normalized spacial score (nSPS) is 24.5. The largest absolute Gasteiger partial charge is 0.395 e. The van der Waals surface area contributed by atoms with Crippen LogP contribution >= 0.6 is 0 Å². The number of rotatable bonds is 4. The second-order valence-corrected chi connectivity index (χ2v) is 7.26. The highest BCUT2D eigenvalue weighted by molar-refractivity contribution is 5.81. The lowest BCUT2D eigenvalue weighted by Gasteiger charge is -2.40. The van der Waals surface area contributed by atoms with Crippen LogP contribution in [0.2, 0.25) is 0 Å². The fourth-order valence-corrected chi connectivity index (χ4v) is 4.27. The lowest BCUT2D eigenvalue weighted by molar-refractivity contribution is 0.0671. The van der Waals surface area contributed by atoms with Crippen molar-refractivity contribution in [3.05, 3.63) is 34.9 Å². The average Bonchev–Trinajstić information content (AvgIpc) is 3.10. The van der Waals surface area contributed by atoms with E-state index in [-0.39, 0.29) is 24.8 Å². The molecular formula is C19H26N4O3. The molecule has 0 radical (unpaired) electrons. The quantitative estimate of drug-likeness (QED) is 0.825. The molecule has 1 aliphatic heterocycles. The Balaban J connectivity index is 1.49. The Hall–Kier alpha value is -1.96. The molecule has 140 valence electrons. The predicted molar refractivity (Wildman–Crippen MR) is 101 cm³/mol. The summed E-state index contributed by atoms with van der Waals surface area (Å²) in [4.78, 5) is 21.5. The molecule has 1 aromatic carbocycles. The minimum Gasteiger partial charge on any atom is -0.395 e. The predicted octanol–water partition coefficient (Wildman–Crippen LogP) is 0.424. The molecule has 7 heteroatoms. The van der Waals surface area contributed by atoms with E-state index in [1.807, 2.05) is 18.2 Å². The average molecular weight is 358 g/mol. The van der Waals surface area contributed by atoms with Crippen LogP contribution in [0, 0.1) is 0 Å². The van der Waals surface area contributed by atoms with E-state index in [2.05, 4.69) is 14.8 Å². The van der Waals surface area contributed by atoms with E-state index in [1.54, 1.807) is 0 Å². The zero-order valence-electron chi connectivity index (χ0n) is 14.9. The summed E-state index contributed by atoms with van der Waals surface area (Å²) < 4.78 is 1.44. The van der Waals surface area contributed by atoms with Crippen LogP contribution in [0.3, 0.4) is 0 Å². The van der Waals surface area contributed by atoms with Gasteiger partial charge in [-0.1, -0.05) is 0 Å². The molecule has 2 unspecified atom stereocenters. The maximum Gasteiger partial charge on any atom is 0.261 e. The standard InChI is InChI=1S/C19H26N4O3/c24-11-10-23-13-20-16-12-14(4-5-15(16)19(23)26)21-6-8-22(9-7-21)17-2-1-3-18(17)25/h4-5,12-13,17-18,24-25H,1-3,6-11H2. The third-order valence-electron chi connectivity index (χ3n) is 5.74. The van der Waals surface area contributed by atoms with Gasteiger partial charge in [0.25, 0.3) is 5.56 Å². The molecule has 2 N–H and O–H groups in total. The van der Waals surface area contributed by atoms with E-state index in [9.17, 15) is 9.90 Å². The Morgan fingerprint density at radius 1 is 1.15 bits per heavy atom. The van der Waals surface area contributed by atoms with Crippen LogP contribution in [0.5, 0.6) is 0 Å². The molecule has 2 aromatic rings. The summed E-state index contributed by atoms with van der Waals surface area (Å²) in [7, 11) is 0. The number of benzene rings is 1. The second-order valence-electron chi connectivity index (χ2n) is 7.26. The van der Waals surface area contributed by atoms with Crippen LogP contribution in [0.1, 0.15) is 19.3 Å². The molecule has 7 nitrogen and oxygen atoms in total. The van der Waals surface area contributed by atoms with Crippen molar-refractivity contribution in [3.8, 4) is 0 Å². The lowest BCUT2D eigenvalue weighted by Crippen LogP contribution is -2.52. The summed E-state index contributed by atoms with van der Waals surface area (Å²) in [5, 5.41) is 19.7. The van der Waals surface area contributed by atoms with Crippen molar-refractivity contribution < 1.29 is 10.2 Å². The molecule has 1 aromatic heterocycles. The first-order valence-electron chi connectivity index (χ1n) is 9.44. The molecule has 2 aliphatic rings. The monoisotopic (exact) mass is 358 g/mol. The second kappa shape index (κ2) is 7.34. The molecule has 0 amide bonds. The minimum atomic E-state index is -0.174. The molecule has 2 heterocycles. The Kier molecular flexibility index (Phi) is 4.93. The molecule has 4 rings (SSSR count). The smallest absolute Gasteiger partial charge is 0.261 e. The Morgan fingerprint density at radius 3 is 2.65 bits per heavy atom. The number of aliphatic hydroxyl groups excluding tert-OH is 2. The Labute approximate surface area is 152 Å². The number of aromatic nitrogens is 2. The zero-order valence-corrected chi connectivity index (χ0v) is 14.9. The molecular weight excluding hydrogens is 332 g/mol. The number of hydrogen-bond acceptors (Lipinski definition) is 6. The van der Waals surface area contributed by atoms with Gasteiger partial charge >= 0.3 is 0 Å². The Morgan fingerprint density at radius 2 is 1.96 bits per heavy atom. The van der Waals surface area contributed by atoms with Crippen LogP contribution < -0.4 is 10.5 Å². The summed E-state index contributed by atoms with van der Waals surface area (Å²) >= 11 is 0. The van der Waals surface area contributed by atoms with Gasteiger partial charge in [-0.25, -0.2) is 4.98 Å². The zero-order chi connectivity index (χ0) is 18.1. The van der Waals surface area contributed by atoms with Crippen molar-refractivity contribution in [2.45, 2.75) is 38.0 Å². The highest BCUT2D eigenvalue weighted by Gasteiger charge is 2.32. The summed E-state index contributed by atoms with van der Waals surface area (Å²) in [5.41, 5.74) is 1.65.